The lowest BCUT2D eigenvalue weighted by atomic mass is 10.0. The molecule has 0 saturated heterocycles. The number of phenolic OH excluding ortho intramolecular Hbond substituents is 1. The zero-order valence-corrected chi connectivity index (χ0v) is 14.4. The molecule has 0 bridgehead atoms. The molecule has 6 heteroatoms. The van der Waals surface area contributed by atoms with Crippen LogP contribution in [0.4, 0.5) is 17.1 Å². The van der Waals surface area contributed by atoms with Gasteiger partial charge in [-0.2, -0.15) is 0 Å². The smallest absolute Gasteiger partial charge is 0.196 e. The van der Waals surface area contributed by atoms with E-state index in [1.54, 1.807) is 6.07 Å². The van der Waals surface area contributed by atoms with Crippen LogP contribution in [-0.4, -0.2) is 18.7 Å². The minimum Gasteiger partial charge on any atom is -0.506 e. The second kappa shape index (κ2) is 7.90. The minimum absolute atomic E-state index is 0.0504. The van der Waals surface area contributed by atoms with Crippen molar-refractivity contribution in [3.05, 3.63) is 41.0 Å². The Kier molecular flexibility index (Phi) is 5.40. The highest BCUT2D eigenvalue weighted by atomic mass is 16.3. The number of nitrogens with one attached hydrogen (secondary N) is 1. The molecular formula is C19H24N5O+. The standard InChI is InChI=1S/C19H23N5O/c1-21-9-5-11-24-10-4-6-14(13-24)22-23-17-12-18(25)19(20)16-8-3-2-7-15(16)17/h4,6-8,10,12-13,21H,2-3,5,9,11H2,1H3,(H2-,20,22,23,25)/p+1. The lowest BCUT2D eigenvalue weighted by Crippen LogP contribution is -2.33. The van der Waals surface area contributed by atoms with Crippen LogP contribution in [0, 0.1) is 0 Å². The molecule has 0 saturated carbocycles. The van der Waals surface area contributed by atoms with Crippen molar-refractivity contribution in [3.63, 3.8) is 0 Å². The minimum atomic E-state index is 0.0504. The Labute approximate surface area is 147 Å². The van der Waals surface area contributed by atoms with Crippen LogP contribution in [0.15, 0.2) is 40.8 Å². The van der Waals surface area contributed by atoms with Gasteiger partial charge >= 0.3 is 0 Å². The van der Waals surface area contributed by atoms with Crippen molar-refractivity contribution in [2.24, 2.45) is 10.2 Å². The number of fused-ring (bicyclic) bond motifs is 1. The average molecular weight is 338 g/mol. The number of hydrogen-bond acceptors (Lipinski definition) is 5. The van der Waals surface area contributed by atoms with E-state index in [1.165, 1.54) is 0 Å². The van der Waals surface area contributed by atoms with Crippen molar-refractivity contribution in [1.82, 2.24) is 5.32 Å². The summed E-state index contributed by atoms with van der Waals surface area (Å²) in [6.45, 7) is 1.90. The Hall–Kier alpha value is -2.73. The number of aromatic nitrogens is 1. The molecule has 1 aromatic heterocycles. The maximum Gasteiger partial charge on any atom is 0.196 e. The molecule has 0 radical (unpaired) electrons. The molecule has 6 nitrogen and oxygen atoms in total. The summed E-state index contributed by atoms with van der Waals surface area (Å²) in [4.78, 5) is 0. The van der Waals surface area contributed by atoms with E-state index in [0.717, 1.165) is 48.5 Å². The molecular weight excluding hydrogens is 314 g/mol. The lowest BCUT2D eigenvalue weighted by molar-refractivity contribution is -0.696. The zero-order chi connectivity index (χ0) is 17.6. The van der Waals surface area contributed by atoms with Gasteiger partial charge in [0.15, 0.2) is 12.4 Å². The highest BCUT2D eigenvalue weighted by molar-refractivity contribution is 5.65. The second-order valence-corrected chi connectivity index (χ2v) is 6.10. The summed E-state index contributed by atoms with van der Waals surface area (Å²) in [7, 11) is 1.95. The number of rotatable bonds is 6. The van der Waals surface area contributed by atoms with Crippen LogP contribution in [-0.2, 0) is 6.54 Å². The largest absolute Gasteiger partial charge is 0.506 e. The van der Waals surface area contributed by atoms with Crippen LogP contribution in [0.3, 0.4) is 0 Å². The normalized spacial score (nSPS) is 13.3. The maximum absolute atomic E-state index is 10.0. The van der Waals surface area contributed by atoms with E-state index < -0.39 is 0 Å². The topological polar surface area (TPSA) is 86.9 Å². The van der Waals surface area contributed by atoms with Crippen LogP contribution in [0.1, 0.15) is 19.3 Å². The Morgan fingerprint density at radius 3 is 2.84 bits per heavy atom. The van der Waals surface area contributed by atoms with Gasteiger partial charge in [-0.3, -0.25) is 0 Å². The Morgan fingerprint density at radius 1 is 1.24 bits per heavy atom. The van der Waals surface area contributed by atoms with Crippen LogP contribution in [0.5, 0.6) is 5.75 Å². The van der Waals surface area contributed by atoms with Crippen molar-refractivity contribution in [1.29, 1.82) is 0 Å². The van der Waals surface area contributed by atoms with E-state index in [-0.39, 0.29) is 5.75 Å². The van der Waals surface area contributed by atoms with Crippen molar-refractivity contribution < 1.29 is 9.67 Å². The van der Waals surface area contributed by atoms with Gasteiger partial charge in [-0.15, -0.1) is 10.2 Å². The Balaban J connectivity index is 1.89. The Bertz CT molecular complexity index is 905. The van der Waals surface area contributed by atoms with Gasteiger partial charge in [0.2, 0.25) is 0 Å². The molecule has 1 heterocycles. The molecule has 25 heavy (non-hydrogen) atoms. The molecule has 0 amide bonds. The molecule has 1 aromatic carbocycles. The molecule has 3 rings (SSSR count). The van der Waals surface area contributed by atoms with E-state index >= 15 is 0 Å². The maximum atomic E-state index is 10.0. The van der Waals surface area contributed by atoms with Crippen molar-refractivity contribution in [2.75, 3.05) is 19.3 Å². The molecule has 0 spiro atoms. The number of nitrogen functional groups attached to an aromatic ring is 1. The summed E-state index contributed by atoms with van der Waals surface area (Å²) in [6.07, 6.45) is 11.0. The first-order chi connectivity index (χ1) is 12.2. The highest BCUT2D eigenvalue weighted by Gasteiger charge is 2.08. The van der Waals surface area contributed by atoms with E-state index in [2.05, 4.69) is 26.2 Å². The van der Waals surface area contributed by atoms with Gasteiger partial charge in [-0.1, -0.05) is 12.2 Å². The number of hydrogen-bond donors (Lipinski definition) is 3. The number of benzene rings is 1. The number of pyridine rings is 1. The SMILES string of the molecule is CNCCC[n+]1cccc(N=Nc2cc(O)c(N)c3c2=CCCC=3)c1. The summed E-state index contributed by atoms with van der Waals surface area (Å²) in [5.74, 6) is 0.0504. The fourth-order valence-corrected chi connectivity index (χ4v) is 2.93. The lowest BCUT2D eigenvalue weighted by Gasteiger charge is -2.07. The summed E-state index contributed by atoms with van der Waals surface area (Å²) in [5.41, 5.74) is 7.80. The molecule has 0 atom stereocenters. The van der Waals surface area contributed by atoms with E-state index in [9.17, 15) is 5.11 Å². The average Bonchev–Trinajstić information content (AvgIpc) is 2.64. The van der Waals surface area contributed by atoms with Crippen molar-refractivity contribution >= 4 is 29.2 Å². The predicted molar refractivity (Wildman–Crippen MR) is 99.3 cm³/mol. The fraction of sp³-hybridized carbons (Fsp3) is 0.316. The van der Waals surface area contributed by atoms with Crippen LogP contribution in [0.25, 0.3) is 12.2 Å². The Morgan fingerprint density at radius 2 is 2.04 bits per heavy atom. The van der Waals surface area contributed by atoms with E-state index in [1.807, 2.05) is 37.7 Å². The van der Waals surface area contributed by atoms with E-state index in [4.69, 9.17) is 5.73 Å². The van der Waals surface area contributed by atoms with Crippen LogP contribution >= 0.6 is 0 Å². The summed E-state index contributed by atoms with van der Waals surface area (Å²) < 4.78 is 2.10. The third-order valence-electron chi connectivity index (χ3n) is 4.23. The van der Waals surface area contributed by atoms with Gasteiger partial charge in [0, 0.05) is 35.5 Å². The zero-order valence-electron chi connectivity index (χ0n) is 14.4. The van der Waals surface area contributed by atoms with Gasteiger partial charge in [-0.25, -0.2) is 4.57 Å². The molecule has 0 fully saturated rings. The quantitative estimate of drug-likeness (QED) is 0.246. The summed E-state index contributed by atoms with van der Waals surface area (Å²) in [5, 5.41) is 23.7. The molecule has 2 aromatic rings. The highest BCUT2D eigenvalue weighted by Crippen LogP contribution is 2.22. The predicted octanol–water partition coefficient (Wildman–Crippen LogP) is 1.64. The van der Waals surface area contributed by atoms with Crippen molar-refractivity contribution in [3.8, 4) is 5.75 Å². The molecule has 0 unspecified atom stereocenters. The molecule has 130 valence electrons. The summed E-state index contributed by atoms with van der Waals surface area (Å²) >= 11 is 0. The monoisotopic (exact) mass is 338 g/mol. The molecule has 4 N–H and O–H groups in total. The molecule has 1 aliphatic rings. The number of nitrogens with two attached hydrogens (primary N) is 1. The van der Waals surface area contributed by atoms with Gasteiger partial charge in [0.1, 0.15) is 18.0 Å². The first-order valence-corrected chi connectivity index (χ1v) is 8.56. The number of anilines is 1. The number of aromatic hydroxyl groups is 1. The van der Waals surface area contributed by atoms with Crippen LogP contribution < -0.4 is 26.1 Å². The fourth-order valence-electron chi connectivity index (χ4n) is 2.93. The molecule has 0 aliphatic heterocycles. The van der Waals surface area contributed by atoms with Crippen molar-refractivity contribution in [2.45, 2.75) is 25.8 Å². The number of phenols is 1. The number of aryl methyl sites for hydroxylation is 1. The van der Waals surface area contributed by atoms with Crippen LogP contribution in [0.2, 0.25) is 0 Å². The molecule has 1 aliphatic carbocycles. The first-order valence-electron chi connectivity index (χ1n) is 8.56. The first kappa shape index (κ1) is 17.1. The number of azo groups is 1. The van der Waals surface area contributed by atoms with Gasteiger partial charge < -0.3 is 16.2 Å². The number of nitrogens with zero attached hydrogens (tertiary/aromatic N) is 3. The van der Waals surface area contributed by atoms with Gasteiger partial charge in [0.05, 0.1) is 11.4 Å². The van der Waals surface area contributed by atoms with Gasteiger partial charge in [-0.05, 0) is 26.0 Å². The van der Waals surface area contributed by atoms with Gasteiger partial charge in [0.25, 0.3) is 0 Å². The second-order valence-electron chi connectivity index (χ2n) is 6.10. The third-order valence-corrected chi connectivity index (χ3v) is 4.23. The third kappa shape index (κ3) is 4.03. The van der Waals surface area contributed by atoms with E-state index in [0.29, 0.717) is 11.4 Å². The summed E-state index contributed by atoms with van der Waals surface area (Å²) in [6, 6.07) is 5.46.